The van der Waals surface area contributed by atoms with Gasteiger partial charge in [0.1, 0.15) is 18.0 Å². The molecule has 1 aliphatic carbocycles. The van der Waals surface area contributed by atoms with Crippen LogP contribution in [0.4, 0.5) is 0 Å². The van der Waals surface area contributed by atoms with Crippen molar-refractivity contribution in [3.05, 3.63) is 29.3 Å². The van der Waals surface area contributed by atoms with E-state index in [2.05, 4.69) is 44.3 Å². The van der Waals surface area contributed by atoms with Crippen molar-refractivity contribution in [2.24, 2.45) is 0 Å². The molecule has 19 heavy (non-hydrogen) atoms. The molecule has 3 heteroatoms. The molecule has 0 spiro atoms. The van der Waals surface area contributed by atoms with Gasteiger partial charge in [-0.15, -0.1) is 0 Å². The van der Waals surface area contributed by atoms with E-state index in [0.717, 1.165) is 25.2 Å². The number of benzene rings is 1. The molecule has 0 aliphatic heterocycles. The van der Waals surface area contributed by atoms with Crippen LogP contribution in [0.5, 0.6) is 5.75 Å². The maximum Gasteiger partial charge on any atom is 0.128 e. The molecule has 1 fully saturated rings. The minimum absolute atomic E-state index is 0.171. The maximum atomic E-state index is 6.14. The Labute approximate surface area is 116 Å². The molecule has 0 heterocycles. The van der Waals surface area contributed by atoms with Crippen LogP contribution in [0.3, 0.4) is 0 Å². The van der Waals surface area contributed by atoms with Crippen molar-refractivity contribution in [2.45, 2.75) is 51.9 Å². The van der Waals surface area contributed by atoms with Crippen LogP contribution in [0.1, 0.15) is 30.9 Å². The van der Waals surface area contributed by atoms with Crippen molar-refractivity contribution >= 4 is 0 Å². The second-order valence-electron chi connectivity index (χ2n) is 5.39. The average molecular weight is 263 g/mol. The summed E-state index contributed by atoms with van der Waals surface area (Å²) in [6, 6.07) is 6.76. The van der Waals surface area contributed by atoms with E-state index in [1.807, 2.05) is 7.05 Å². The molecule has 0 radical (unpaired) electrons. The molecule has 3 nitrogen and oxygen atoms in total. The SMILES string of the molecule is CCCOC1C(NC)CC1Oc1cc(C)ccc1C. The molecule has 3 atom stereocenters. The highest BCUT2D eigenvalue weighted by Crippen LogP contribution is 2.31. The first kappa shape index (κ1) is 14.4. The Balaban J connectivity index is 2.00. The van der Waals surface area contributed by atoms with E-state index in [1.54, 1.807) is 0 Å². The molecule has 1 N–H and O–H groups in total. The normalized spacial score (nSPS) is 26.0. The fourth-order valence-electron chi connectivity index (χ4n) is 2.45. The molecule has 0 bridgehead atoms. The van der Waals surface area contributed by atoms with Gasteiger partial charge in [0, 0.05) is 19.1 Å². The Hall–Kier alpha value is -1.06. The average Bonchev–Trinajstić information content (AvgIpc) is 2.38. The smallest absolute Gasteiger partial charge is 0.128 e. The molecule has 0 saturated heterocycles. The summed E-state index contributed by atoms with van der Waals surface area (Å²) in [5.74, 6) is 0.990. The van der Waals surface area contributed by atoms with Gasteiger partial charge in [-0.25, -0.2) is 0 Å². The van der Waals surface area contributed by atoms with Gasteiger partial charge in [-0.3, -0.25) is 0 Å². The van der Waals surface area contributed by atoms with E-state index in [0.29, 0.717) is 6.04 Å². The summed E-state index contributed by atoms with van der Waals surface area (Å²) in [5, 5.41) is 3.30. The molecule has 1 aliphatic rings. The molecule has 3 unspecified atom stereocenters. The van der Waals surface area contributed by atoms with Gasteiger partial charge in [0.05, 0.1) is 0 Å². The third kappa shape index (κ3) is 3.28. The largest absolute Gasteiger partial charge is 0.487 e. The number of hydrogen-bond acceptors (Lipinski definition) is 3. The number of likely N-dealkylation sites (N-methyl/N-ethyl adjacent to an activating group) is 1. The van der Waals surface area contributed by atoms with E-state index < -0.39 is 0 Å². The maximum absolute atomic E-state index is 6.14. The van der Waals surface area contributed by atoms with Crippen molar-refractivity contribution in [1.82, 2.24) is 5.32 Å². The Bertz CT molecular complexity index is 419. The Kier molecular flexibility index (Phi) is 4.83. The summed E-state index contributed by atoms with van der Waals surface area (Å²) < 4.78 is 12.0. The van der Waals surface area contributed by atoms with Crippen molar-refractivity contribution < 1.29 is 9.47 Å². The lowest BCUT2D eigenvalue weighted by atomic mass is 9.85. The van der Waals surface area contributed by atoms with Gasteiger partial charge in [0.15, 0.2) is 0 Å². The van der Waals surface area contributed by atoms with Crippen LogP contribution in [-0.2, 0) is 4.74 Å². The van der Waals surface area contributed by atoms with Crippen LogP contribution in [0.2, 0.25) is 0 Å². The molecule has 0 amide bonds. The molecular weight excluding hydrogens is 238 g/mol. The minimum atomic E-state index is 0.171. The van der Waals surface area contributed by atoms with Gasteiger partial charge in [-0.2, -0.15) is 0 Å². The topological polar surface area (TPSA) is 30.5 Å². The molecule has 1 aromatic rings. The van der Waals surface area contributed by atoms with E-state index in [9.17, 15) is 0 Å². The fourth-order valence-corrected chi connectivity index (χ4v) is 2.45. The summed E-state index contributed by atoms with van der Waals surface area (Å²) >= 11 is 0. The molecule has 1 saturated carbocycles. The van der Waals surface area contributed by atoms with E-state index in [4.69, 9.17) is 9.47 Å². The third-order valence-corrected chi connectivity index (χ3v) is 3.76. The van der Waals surface area contributed by atoms with E-state index in [1.165, 1.54) is 11.1 Å². The van der Waals surface area contributed by atoms with Crippen molar-refractivity contribution in [1.29, 1.82) is 0 Å². The molecular formula is C16H25NO2. The summed E-state index contributed by atoms with van der Waals surface area (Å²) in [4.78, 5) is 0. The van der Waals surface area contributed by atoms with Gasteiger partial charge in [0.25, 0.3) is 0 Å². The van der Waals surface area contributed by atoms with Gasteiger partial charge in [0.2, 0.25) is 0 Å². The highest BCUT2D eigenvalue weighted by molar-refractivity contribution is 5.36. The Morgan fingerprint density at radius 3 is 2.79 bits per heavy atom. The summed E-state index contributed by atoms with van der Waals surface area (Å²) in [6.07, 6.45) is 2.40. The van der Waals surface area contributed by atoms with Crippen LogP contribution >= 0.6 is 0 Å². The van der Waals surface area contributed by atoms with E-state index in [-0.39, 0.29) is 12.2 Å². The third-order valence-electron chi connectivity index (χ3n) is 3.76. The first-order chi connectivity index (χ1) is 9.15. The number of hydrogen-bond donors (Lipinski definition) is 1. The van der Waals surface area contributed by atoms with Gasteiger partial charge in [-0.05, 0) is 44.5 Å². The molecule has 0 aromatic heterocycles. The number of nitrogens with one attached hydrogen (secondary N) is 1. The van der Waals surface area contributed by atoms with Crippen molar-refractivity contribution in [3.8, 4) is 5.75 Å². The summed E-state index contributed by atoms with van der Waals surface area (Å²) in [5.41, 5.74) is 2.42. The van der Waals surface area contributed by atoms with E-state index >= 15 is 0 Å². The summed E-state index contributed by atoms with van der Waals surface area (Å²) in [7, 11) is 1.99. The minimum Gasteiger partial charge on any atom is -0.487 e. The quantitative estimate of drug-likeness (QED) is 0.856. The van der Waals surface area contributed by atoms with Crippen LogP contribution in [-0.4, -0.2) is 31.9 Å². The van der Waals surface area contributed by atoms with Crippen molar-refractivity contribution in [2.75, 3.05) is 13.7 Å². The second-order valence-corrected chi connectivity index (χ2v) is 5.39. The first-order valence-electron chi connectivity index (χ1n) is 7.18. The molecule has 1 aromatic carbocycles. The van der Waals surface area contributed by atoms with Crippen LogP contribution in [0.25, 0.3) is 0 Å². The zero-order chi connectivity index (χ0) is 13.8. The standard InChI is InChI=1S/C16H25NO2/c1-5-8-18-16-13(17-4)10-15(16)19-14-9-11(2)6-7-12(14)3/h6-7,9,13,15-17H,5,8,10H2,1-4H3. The number of ether oxygens (including phenoxy) is 2. The fraction of sp³-hybridized carbons (Fsp3) is 0.625. The first-order valence-corrected chi connectivity index (χ1v) is 7.18. The van der Waals surface area contributed by atoms with Crippen LogP contribution in [0, 0.1) is 13.8 Å². The number of rotatable bonds is 6. The highest BCUT2D eigenvalue weighted by atomic mass is 16.5. The highest BCUT2D eigenvalue weighted by Gasteiger charge is 2.43. The lowest BCUT2D eigenvalue weighted by Gasteiger charge is -2.43. The number of aryl methyl sites for hydroxylation is 2. The monoisotopic (exact) mass is 263 g/mol. The zero-order valence-corrected chi connectivity index (χ0v) is 12.4. The van der Waals surface area contributed by atoms with Gasteiger partial charge >= 0.3 is 0 Å². The zero-order valence-electron chi connectivity index (χ0n) is 12.4. The Morgan fingerprint density at radius 2 is 2.11 bits per heavy atom. The summed E-state index contributed by atoms with van der Waals surface area (Å²) in [6.45, 7) is 7.11. The van der Waals surface area contributed by atoms with Crippen molar-refractivity contribution in [3.63, 3.8) is 0 Å². The predicted octanol–water partition coefficient (Wildman–Crippen LogP) is 2.84. The van der Waals surface area contributed by atoms with Crippen LogP contribution in [0.15, 0.2) is 18.2 Å². The second kappa shape index (κ2) is 6.40. The lowest BCUT2D eigenvalue weighted by molar-refractivity contribution is -0.106. The predicted molar refractivity (Wildman–Crippen MR) is 77.8 cm³/mol. The van der Waals surface area contributed by atoms with Gasteiger partial charge in [-0.1, -0.05) is 19.1 Å². The van der Waals surface area contributed by atoms with Gasteiger partial charge < -0.3 is 14.8 Å². The Morgan fingerprint density at radius 1 is 1.32 bits per heavy atom. The lowest BCUT2D eigenvalue weighted by Crippen LogP contribution is -2.60. The molecule has 2 rings (SSSR count). The van der Waals surface area contributed by atoms with Crippen LogP contribution < -0.4 is 10.1 Å². The molecule has 106 valence electrons.